The molecule has 3 aromatic rings. The van der Waals surface area contributed by atoms with E-state index in [1.807, 2.05) is 0 Å². The van der Waals surface area contributed by atoms with E-state index in [2.05, 4.69) is 20.4 Å². The smallest absolute Gasteiger partial charge is 0.405 e. The van der Waals surface area contributed by atoms with Crippen molar-refractivity contribution < 1.29 is 50.6 Å². The molecule has 1 aromatic heterocycles. The third-order valence-corrected chi connectivity index (χ3v) is 6.23. The SMILES string of the molecule is C[C@H](OC(N)=O)c1oc(-c2ccc(OC(F)F)c(OCC3CC3)c2)nc1C(=O)NC(CNC(N)=O)c1ccc(F)cc1F. The number of oxazole rings is 1. The Morgan fingerprint density at radius 1 is 1.09 bits per heavy atom. The molecule has 0 saturated heterocycles. The molecule has 1 unspecified atom stereocenters. The average Bonchev–Trinajstić information content (AvgIpc) is 3.64. The number of rotatable bonds is 13. The highest BCUT2D eigenvalue weighted by molar-refractivity contribution is 5.94. The molecule has 0 radical (unpaired) electrons. The Balaban J connectivity index is 1.70. The molecule has 6 N–H and O–H groups in total. The van der Waals surface area contributed by atoms with Gasteiger partial charge in [-0.25, -0.2) is 23.4 Å². The van der Waals surface area contributed by atoms with Crippen LogP contribution in [0.15, 0.2) is 40.8 Å². The second-order valence-electron chi connectivity index (χ2n) is 9.54. The number of halogens is 4. The van der Waals surface area contributed by atoms with Gasteiger partial charge in [-0.2, -0.15) is 8.78 Å². The maximum atomic E-state index is 14.6. The number of amides is 4. The average molecular weight is 610 g/mol. The lowest BCUT2D eigenvalue weighted by Crippen LogP contribution is -2.40. The van der Waals surface area contributed by atoms with Crippen molar-refractivity contribution in [1.29, 1.82) is 0 Å². The third-order valence-electron chi connectivity index (χ3n) is 6.23. The highest BCUT2D eigenvalue weighted by Gasteiger charge is 2.30. The molecule has 1 fully saturated rings. The Labute approximate surface area is 241 Å². The molecule has 4 amide bonds. The van der Waals surface area contributed by atoms with Crippen LogP contribution >= 0.6 is 0 Å². The van der Waals surface area contributed by atoms with Crippen molar-refractivity contribution in [2.75, 3.05) is 13.2 Å². The van der Waals surface area contributed by atoms with E-state index in [1.54, 1.807) is 0 Å². The van der Waals surface area contributed by atoms with Crippen LogP contribution in [0.5, 0.6) is 11.5 Å². The standard InChI is InChI=1S/C27H27F4N5O7/c1-12(41-27(33)39)22-21(23(37)35-18(10-34-26(32)38)16-6-5-15(28)9-17(16)29)36-24(43-22)14-4-7-19(42-25(30)31)20(8-14)40-11-13-2-3-13/h4-9,12-13,18,25H,2-3,10-11H2,1H3,(H2,33,39)(H,35,37)(H3,32,34,38)/t12-,18?/m0/s1. The van der Waals surface area contributed by atoms with Crippen LogP contribution in [0.4, 0.5) is 27.2 Å². The van der Waals surface area contributed by atoms with Crippen molar-refractivity contribution in [1.82, 2.24) is 15.6 Å². The van der Waals surface area contributed by atoms with Gasteiger partial charge in [0.1, 0.15) is 11.6 Å². The molecule has 12 nitrogen and oxygen atoms in total. The lowest BCUT2D eigenvalue weighted by Gasteiger charge is -2.20. The summed E-state index contributed by atoms with van der Waals surface area (Å²) in [7, 11) is 0. The Hall–Kier alpha value is -5.02. The van der Waals surface area contributed by atoms with Crippen LogP contribution in [-0.2, 0) is 4.74 Å². The van der Waals surface area contributed by atoms with E-state index in [1.165, 1.54) is 25.1 Å². The number of carbonyl (C=O) groups excluding carboxylic acids is 3. The Morgan fingerprint density at radius 3 is 2.47 bits per heavy atom. The highest BCUT2D eigenvalue weighted by Crippen LogP contribution is 2.37. The van der Waals surface area contributed by atoms with Gasteiger partial charge < -0.3 is 40.7 Å². The van der Waals surface area contributed by atoms with E-state index in [9.17, 15) is 31.9 Å². The Bertz CT molecular complexity index is 1500. The molecule has 0 bridgehead atoms. The Kier molecular flexibility index (Phi) is 9.57. The normalized spacial score (nSPS) is 14.1. The molecule has 43 heavy (non-hydrogen) atoms. The molecule has 16 heteroatoms. The maximum absolute atomic E-state index is 14.6. The molecular formula is C27H27F4N5O7. The monoisotopic (exact) mass is 609 g/mol. The van der Waals surface area contributed by atoms with Gasteiger partial charge in [-0.3, -0.25) is 4.79 Å². The number of urea groups is 1. The van der Waals surface area contributed by atoms with Crippen molar-refractivity contribution in [2.24, 2.45) is 17.4 Å². The van der Waals surface area contributed by atoms with Gasteiger partial charge in [0, 0.05) is 23.7 Å². The molecule has 0 aliphatic heterocycles. The van der Waals surface area contributed by atoms with Gasteiger partial charge in [-0.15, -0.1) is 0 Å². The zero-order valence-electron chi connectivity index (χ0n) is 22.6. The minimum absolute atomic E-state index is 0.0266. The lowest BCUT2D eigenvalue weighted by atomic mass is 10.1. The number of nitrogens with zero attached hydrogens (tertiary/aromatic N) is 1. The van der Waals surface area contributed by atoms with Gasteiger partial charge in [0.05, 0.1) is 12.6 Å². The largest absolute Gasteiger partial charge is 0.489 e. The summed E-state index contributed by atoms with van der Waals surface area (Å²) < 4.78 is 75.0. The van der Waals surface area contributed by atoms with E-state index in [0.29, 0.717) is 6.07 Å². The van der Waals surface area contributed by atoms with Crippen LogP contribution in [0, 0.1) is 17.6 Å². The Morgan fingerprint density at radius 2 is 1.84 bits per heavy atom. The quantitative estimate of drug-likeness (QED) is 0.207. The number of carbonyl (C=O) groups is 3. The lowest BCUT2D eigenvalue weighted by molar-refractivity contribution is -0.0515. The molecular weight excluding hydrogens is 582 g/mol. The molecule has 4 rings (SSSR count). The van der Waals surface area contributed by atoms with Crippen molar-refractivity contribution in [3.63, 3.8) is 0 Å². The van der Waals surface area contributed by atoms with E-state index in [4.69, 9.17) is 25.4 Å². The number of aromatic nitrogens is 1. The summed E-state index contributed by atoms with van der Waals surface area (Å²) >= 11 is 0. The fraction of sp³-hybridized carbons (Fsp3) is 0.333. The van der Waals surface area contributed by atoms with Gasteiger partial charge in [0.25, 0.3) is 5.91 Å². The number of benzene rings is 2. The first-order chi connectivity index (χ1) is 20.4. The number of ether oxygens (including phenoxy) is 3. The van der Waals surface area contributed by atoms with E-state index in [-0.39, 0.29) is 46.8 Å². The summed E-state index contributed by atoms with van der Waals surface area (Å²) in [4.78, 5) is 40.4. The molecule has 1 saturated carbocycles. The fourth-order valence-corrected chi connectivity index (χ4v) is 4.01. The summed E-state index contributed by atoms with van der Waals surface area (Å²) in [5, 5.41) is 4.71. The van der Waals surface area contributed by atoms with Crippen molar-refractivity contribution in [3.05, 3.63) is 65.1 Å². The molecule has 0 spiro atoms. The van der Waals surface area contributed by atoms with Crippen molar-refractivity contribution in [2.45, 2.75) is 38.5 Å². The number of nitrogens with two attached hydrogens (primary N) is 2. The first kappa shape index (κ1) is 30.9. The molecule has 1 aliphatic carbocycles. The number of nitrogens with one attached hydrogen (secondary N) is 2. The minimum Gasteiger partial charge on any atom is -0.489 e. The zero-order valence-corrected chi connectivity index (χ0v) is 22.6. The second kappa shape index (κ2) is 13.3. The van der Waals surface area contributed by atoms with E-state index >= 15 is 0 Å². The van der Waals surface area contributed by atoms with Crippen molar-refractivity contribution in [3.8, 4) is 23.0 Å². The van der Waals surface area contributed by atoms with Gasteiger partial charge in [0.2, 0.25) is 5.89 Å². The first-order valence-corrected chi connectivity index (χ1v) is 12.9. The first-order valence-electron chi connectivity index (χ1n) is 12.9. The minimum atomic E-state index is -3.12. The maximum Gasteiger partial charge on any atom is 0.405 e. The summed E-state index contributed by atoms with van der Waals surface area (Å²) in [6.45, 7) is -1.92. The molecule has 230 valence electrons. The van der Waals surface area contributed by atoms with Gasteiger partial charge >= 0.3 is 18.7 Å². The summed E-state index contributed by atoms with van der Waals surface area (Å²) in [5.41, 5.74) is 9.81. The van der Waals surface area contributed by atoms with Gasteiger partial charge in [-0.05, 0) is 49.9 Å². The number of primary amides is 2. The van der Waals surface area contributed by atoms with Crippen LogP contribution in [0.3, 0.4) is 0 Å². The predicted molar refractivity (Wildman–Crippen MR) is 140 cm³/mol. The molecule has 1 heterocycles. The van der Waals surface area contributed by atoms with Crippen molar-refractivity contribution >= 4 is 18.0 Å². The predicted octanol–water partition coefficient (Wildman–Crippen LogP) is 4.31. The summed E-state index contributed by atoms with van der Waals surface area (Å²) in [6.07, 6.45) is -0.585. The number of hydrogen-bond acceptors (Lipinski definition) is 8. The van der Waals surface area contributed by atoms with Crippen LogP contribution in [-0.4, -0.2) is 42.8 Å². The topological polar surface area (TPSA) is 181 Å². The fourth-order valence-electron chi connectivity index (χ4n) is 4.01. The van der Waals surface area contributed by atoms with Crippen LogP contribution in [0.1, 0.15) is 53.7 Å². The molecule has 1 aliphatic rings. The zero-order chi connectivity index (χ0) is 31.3. The van der Waals surface area contributed by atoms with Crippen LogP contribution < -0.4 is 31.6 Å². The summed E-state index contributed by atoms with van der Waals surface area (Å²) in [6, 6.07) is 4.22. The molecule has 2 atom stereocenters. The third kappa shape index (κ3) is 8.27. The van der Waals surface area contributed by atoms with E-state index < -0.39 is 60.7 Å². The van der Waals surface area contributed by atoms with E-state index in [0.717, 1.165) is 25.0 Å². The van der Waals surface area contributed by atoms with Gasteiger partial charge in [-0.1, -0.05) is 6.07 Å². The molecule has 2 aromatic carbocycles. The number of hydrogen-bond donors (Lipinski definition) is 4. The number of alkyl halides is 2. The summed E-state index contributed by atoms with van der Waals surface area (Å²) in [5.74, 6) is -3.34. The second-order valence-corrected chi connectivity index (χ2v) is 9.54. The highest BCUT2D eigenvalue weighted by atomic mass is 19.3. The van der Waals surface area contributed by atoms with Gasteiger partial charge in [0.15, 0.2) is 29.1 Å². The van der Waals surface area contributed by atoms with Crippen LogP contribution in [0.25, 0.3) is 11.5 Å². The van der Waals surface area contributed by atoms with Crippen LogP contribution in [0.2, 0.25) is 0 Å².